The molecule has 2 amide bonds. The Morgan fingerprint density at radius 3 is 2.29 bits per heavy atom. The normalized spacial score (nSPS) is 17.7. The van der Waals surface area contributed by atoms with Crippen LogP contribution >= 0.6 is 0 Å². The van der Waals surface area contributed by atoms with Gasteiger partial charge in [0, 0.05) is 43.0 Å². The first kappa shape index (κ1) is 21.5. The first-order chi connectivity index (χ1) is 14.9. The van der Waals surface area contributed by atoms with E-state index in [4.69, 9.17) is 0 Å². The zero-order valence-electron chi connectivity index (χ0n) is 17.6. The third-order valence-corrected chi connectivity index (χ3v) is 7.81. The van der Waals surface area contributed by atoms with E-state index in [1.165, 1.54) is 10.4 Å². The summed E-state index contributed by atoms with van der Waals surface area (Å²) in [4.78, 5) is 26.7. The number of amides is 2. The molecule has 2 fully saturated rings. The number of nitrogens with one attached hydrogen (secondary N) is 1. The Hall–Kier alpha value is -2.71. The summed E-state index contributed by atoms with van der Waals surface area (Å²) in [6.45, 7) is 3.53. The summed E-state index contributed by atoms with van der Waals surface area (Å²) in [5, 5.41) is 2.84. The number of sulfonamides is 1. The molecule has 2 heterocycles. The molecule has 4 rings (SSSR count). The van der Waals surface area contributed by atoms with Crippen LogP contribution in [0.5, 0.6) is 0 Å². The summed E-state index contributed by atoms with van der Waals surface area (Å²) >= 11 is 0. The molecule has 2 aliphatic rings. The number of hydrogen-bond acceptors (Lipinski definition) is 4. The minimum absolute atomic E-state index is 0.110. The van der Waals surface area contributed by atoms with Crippen LogP contribution in [0, 0.1) is 6.92 Å². The highest BCUT2D eigenvalue weighted by molar-refractivity contribution is 7.89. The van der Waals surface area contributed by atoms with Gasteiger partial charge in [-0.15, -0.1) is 0 Å². The van der Waals surface area contributed by atoms with E-state index in [9.17, 15) is 18.0 Å². The molecule has 7 nitrogen and oxygen atoms in total. The smallest absolute Gasteiger partial charge is 0.255 e. The van der Waals surface area contributed by atoms with Crippen molar-refractivity contribution in [2.75, 3.05) is 29.9 Å². The topological polar surface area (TPSA) is 86.8 Å². The van der Waals surface area contributed by atoms with Crippen LogP contribution < -0.4 is 10.2 Å². The maximum Gasteiger partial charge on any atom is 0.255 e. The average Bonchev–Trinajstić information content (AvgIpc) is 3.21. The fourth-order valence-electron chi connectivity index (χ4n) is 4.10. The Balaban J connectivity index is 1.52. The van der Waals surface area contributed by atoms with Crippen molar-refractivity contribution in [1.29, 1.82) is 0 Å². The third-order valence-electron chi connectivity index (χ3n) is 5.92. The monoisotopic (exact) mass is 441 g/mol. The number of rotatable bonds is 5. The number of anilines is 2. The van der Waals surface area contributed by atoms with Gasteiger partial charge in [0.25, 0.3) is 5.91 Å². The zero-order chi connectivity index (χ0) is 22.0. The van der Waals surface area contributed by atoms with Gasteiger partial charge in [0.15, 0.2) is 0 Å². The highest BCUT2D eigenvalue weighted by atomic mass is 32.2. The van der Waals surface area contributed by atoms with Crippen LogP contribution in [0.1, 0.15) is 48.0 Å². The van der Waals surface area contributed by atoms with E-state index in [0.717, 1.165) is 31.4 Å². The van der Waals surface area contributed by atoms with Gasteiger partial charge in [0.1, 0.15) is 0 Å². The Morgan fingerprint density at radius 2 is 1.65 bits per heavy atom. The Bertz CT molecular complexity index is 1090. The minimum Gasteiger partial charge on any atom is -0.322 e. The van der Waals surface area contributed by atoms with Crippen LogP contribution in [0.25, 0.3) is 0 Å². The largest absolute Gasteiger partial charge is 0.322 e. The van der Waals surface area contributed by atoms with Gasteiger partial charge < -0.3 is 10.2 Å². The van der Waals surface area contributed by atoms with Crippen molar-refractivity contribution in [2.24, 2.45) is 0 Å². The molecule has 164 valence electrons. The number of benzene rings is 2. The molecule has 0 atom stereocenters. The van der Waals surface area contributed by atoms with Gasteiger partial charge in [-0.3, -0.25) is 9.59 Å². The second-order valence-corrected chi connectivity index (χ2v) is 10.0. The Morgan fingerprint density at radius 1 is 0.935 bits per heavy atom. The average molecular weight is 442 g/mol. The summed E-state index contributed by atoms with van der Waals surface area (Å²) in [5.41, 5.74) is 2.43. The number of piperidine rings is 1. The molecule has 8 heteroatoms. The third kappa shape index (κ3) is 4.50. The van der Waals surface area contributed by atoms with Crippen LogP contribution in [0.3, 0.4) is 0 Å². The van der Waals surface area contributed by atoms with Crippen LogP contribution in [-0.4, -0.2) is 44.2 Å². The maximum atomic E-state index is 13.0. The quantitative estimate of drug-likeness (QED) is 0.769. The van der Waals surface area contributed by atoms with Crippen molar-refractivity contribution in [3.8, 4) is 0 Å². The van der Waals surface area contributed by atoms with Crippen LogP contribution in [0.15, 0.2) is 47.4 Å². The lowest BCUT2D eigenvalue weighted by Gasteiger charge is -2.26. The van der Waals surface area contributed by atoms with Gasteiger partial charge in [-0.1, -0.05) is 12.5 Å². The molecule has 0 spiro atoms. The van der Waals surface area contributed by atoms with E-state index in [1.54, 1.807) is 36.1 Å². The molecular formula is C23H27N3O4S. The summed E-state index contributed by atoms with van der Waals surface area (Å²) < 4.78 is 27.5. The first-order valence-corrected chi connectivity index (χ1v) is 12.1. The predicted octanol–water partition coefficient (Wildman–Crippen LogP) is 3.55. The molecule has 2 aromatic carbocycles. The number of carbonyl (C=O) groups excluding carboxylic acids is 2. The van der Waals surface area contributed by atoms with Gasteiger partial charge >= 0.3 is 0 Å². The standard InChI is InChI=1S/C23H27N3O4S/c1-17-7-12-20(31(29,30)25-13-3-2-4-14-25)16-21(17)23(28)24-18-8-10-19(11-9-18)26-15-5-6-22(26)27/h7-12,16H,2-6,13-15H2,1H3,(H,24,28). The Labute approximate surface area is 183 Å². The molecule has 31 heavy (non-hydrogen) atoms. The molecule has 0 unspecified atom stereocenters. The molecule has 0 saturated carbocycles. The molecule has 2 saturated heterocycles. The predicted molar refractivity (Wildman–Crippen MR) is 120 cm³/mol. The van der Waals surface area contributed by atoms with Crippen LogP contribution in [0.4, 0.5) is 11.4 Å². The van der Waals surface area contributed by atoms with Crippen molar-refractivity contribution in [2.45, 2.75) is 43.9 Å². The maximum absolute atomic E-state index is 13.0. The number of aryl methyl sites for hydroxylation is 1. The SMILES string of the molecule is Cc1ccc(S(=O)(=O)N2CCCCC2)cc1C(=O)Nc1ccc(N2CCCC2=O)cc1. The molecule has 2 aliphatic heterocycles. The van der Waals surface area contributed by atoms with Crippen LogP contribution in [-0.2, 0) is 14.8 Å². The number of carbonyl (C=O) groups is 2. The fourth-order valence-corrected chi connectivity index (χ4v) is 5.65. The molecule has 0 bridgehead atoms. The van der Waals surface area contributed by atoms with Crippen molar-refractivity contribution in [3.05, 3.63) is 53.6 Å². The minimum atomic E-state index is -3.61. The highest BCUT2D eigenvalue weighted by Crippen LogP contribution is 2.25. The lowest BCUT2D eigenvalue weighted by Crippen LogP contribution is -2.35. The Kier molecular flexibility index (Phi) is 6.11. The summed E-state index contributed by atoms with van der Waals surface area (Å²) in [6.07, 6.45) is 4.18. The first-order valence-electron chi connectivity index (χ1n) is 10.7. The van der Waals surface area contributed by atoms with Gasteiger partial charge in [0.2, 0.25) is 15.9 Å². The highest BCUT2D eigenvalue weighted by Gasteiger charge is 2.27. The van der Waals surface area contributed by atoms with Gasteiger partial charge in [-0.2, -0.15) is 4.31 Å². The second-order valence-electron chi connectivity index (χ2n) is 8.09. The molecule has 0 aromatic heterocycles. The molecule has 2 aromatic rings. The lowest BCUT2D eigenvalue weighted by molar-refractivity contribution is -0.117. The van der Waals surface area contributed by atoms with Gasteiger partial charge in [-0.25, -0.2) is 8.42 Å². The molecule has 0 radical (unpaired) electrons. The van der Waals surface area contributed by atoms with E-state index >= 15 is 0 Å². The van der Waals surface area contributed by atoms with E-state index in [0.29, 0.717) is 42.9 Å². The molecule has 1 N–H and O–H groups in total. The molecule has 0 aliphatic carbocycles. The zero-order valence-corrected chi connectivity index (χ0v) is 18.5. The number of nitrogens with zero attached hydrogens (tertiary/aromatic N) is 2. The fraction of sp³-hybridized carbons (Fsp3) is 0.391. The van der Waals surface area contributed by atoms with Crippen molar-refractivity contribution < 1.29 is 18.0 Å². The van der Waals surface area contributed by atoms with Gasteiger partial charge in [-0.05, 0) is 68.1 Å². The van der Waals surface area contributed by atoms with Crippen molar-refractivity contribution >= 4 is 33.2 Å². The second kappa shape index (κ2) is 8.80. The van der Waals surface area contributed by atoms with Gasteiger partial charge in [0.05, 0.1) is 4.90 Å². The van der Waals surface area contributed by atoms with Crippen molar-refractivity contribution in [3.63, 3.8) is 0 Å². The van der Waals surface area contributed by atoms with Crippen LogP contribution in [0.2, 0.25) is 0 Å². The summed E-state index contributed by atoms with van der Waals surface area (Å²) in [7, 11) is -3.61. The summed E-state index contributed by atoms with van der Waals surface area (Å²) in [6, 6.07) is 11.8. The van der Waals surface area contributed by atoms with E-state index in [2.05, 4.69) is 5.32 Å². The van der Waals surface area contributed by atoms with E-state index in [1.807, 2.05) is 12.1 Å². The van der Waals surface area contributed by atoms with Crippen molar-refractivity contribution in [1.82, 2.24) is 4.31 Å². The molecular weight excluding hydrogens is 414 g/mol. The summed E-state index contributed by atoms with van der Waals surface area (Å²) in [5.74, 6) is -0.252. The van der Waals surface area contributed by atoms with E-state index < -0.39 is 10.0 Å². The lowest BCUT2D eigenvalue weighted by atomic mass is 10.1. The van der Waals surface area contributed by atoms with E-state index in [-0.39, 0.29) is 16.7 Å². The number of hydrogen-bond donors (Lipinski definition) is 1.